The summed E-state index contributed by atoms with van der Waals surface area (Å²) >= 11 is 1.38. The molecule has 0 bridgehead atoms. The van der Waals surface area contributed by atoms with Gasteiger partial charge in [0.25, 0.3) is 0 Å². The average Bonchev–Trinajstić information content (AvgIpc) is 2.76. The van der Waals surface area contributed by atoms with Crippen LogP contribution in [0.2, 0.25) is 0 Å². The van der Waals surface area contributed by atoms with Gasteiger partial charge in [0.05, 0.1) is 0 Å². The Kier molecular flexibility index (Phi) is 4.06. The third-order valence-corrected chi connectivity index (χ3v) is 3.25. The lowest BCUT2D eigenvalue weighted by Crippen LogP contribution is -2.15. The highest BCUT2D eigenvalue weighted by Gasteiger charge is 2.05. The first-order chi connectivity index (χ1) is 8.25. The number of benzene rings is 1. The number of nitrogens with zero attached hydrogens (tertiary/aromatic N) is 2. The van der Waals surface area contributed by atoms with Crippen LogP contribution in [-0.4, -0.2) is 15.9 Å². The van der Waals surface area contributed by atoms with E-state index in [1.165, 1.54) is 17.1 Å². The van der Waals surface area contributed by atoms with E-state index < -0.39 is 0 Å². The number of hydrogen-bond acceptors (Lipinski definition) is 5. The van der Waals surface area contributed by atoms with Crippen LogP contribution in [0.25, 0.3) is 0 Å². The lowest BCUT2D eigenvalue weighted by Gasteiger charge is -2.11. The maximum absolute atomic E-state index is 6.09. The first-order valence-electron chi connectivity index (χ1n) is 5.60. The second kappa shape index (κ2) is 5.75. The molecule has 0 radical (unpaired) electrons. The fourth-order valence-electron chi connectivity index (χ4n) is 1.57. The molecular formula is C12H16N4S. The van der Waals surface area contributed by atoms with Crippen LogP contribution < -0.4 is 11.1 Å². The molecule has 0 aliphatic carbocycles. The third kappa shape index (κ3) is 3.51. The number of hydrogen-bond donors (Lipinski definition) is 2. The molecule has 0 fully saturated rings. The molecule has 4 nitrogen and oxygen atoms in total. The van der Waals surface area contributed by atoms with E-state index in [1.54, 1.807) is 0 Å². The van der Waals surface area contributed by atoms with E-state index in [-0.39, 0.29) is 6.04 Å². The van der Waals surface area contributed by atoms with Gasteiger partial charge in [0.1, 0.15) is 5.82 Å². The van der Waals surface area contributed by atoms with Crippen molar-refractivity contribution in [1.82, 2.24) is 9.36 Å². The van der Waals surface area contributed by atoms with E-state index in [9.17, 15) is 0 Å². The van der Waals surface area contributed by atoms with Crippen LogP contribution in [0, 0.1) is 6.92 Å². The summed E-state index contributed by atoms with van der Waals surface area (Å²) in [5.41, 5.74) is 7.26. The molecule has 1 aromatic heterocycles. The SMILES string of the molecule is Cc1nsc(NCCC(N)c2ccccc2)n1. The Morgan fingerprint density at radius 1 is 1.35 bits per heavy atom. The van der Waals surface area contributed by atoms with E-state index in [0.717, 1.165) is 23.9 Å². The average molecular weight is 248 g/mol. The van der Waals surface area contributed by atoms with Crippen molar-refractivity contribution in [3.8, 4) is 0 Å². The summed E-state index contributed by atoms with van der Waals surface area (Å²) in [5.74, 6) is 0.810. The normalized spacial score (nSPS) is 12.4. The molecular weight excluding hydrogens is 232 g/mol. The van der Waals surface area contributed by atoms with Gasteiger partial charge in [-0.2, -0.15) is 4.37 Å². The minimum atomic E-state index is 0.0673. The summed E-state index contributed by atoms with van der Waals surface area (Å²) in [6.07, 6.45) is 0.878. The molecule has 90 valence electrons. The Labute approximate surface area is 105 Å². The van der Waals surface area contributed by atoms with Gasteiger partial charge in [0, 0.05) is 24.1 Å². The van der Waals surface area contributed by atoms with Gasteiger partial charge in [-0.25, -0.2) is 4.98 Å². The highest BCUT2D eigenvalue weighted by atomic mass is 32.1. The molecule has 17 heavy (non-hydrogen) atoms. The highest BCUT2D eigenvalue weighted by molar-refractivity contribution is 7.09. The van der Waals surface area contributed by atoms with Gasteiger partial charge >= 0.3 is 0 Å². The fourth-order valence-corrected chi connectivity index (χ4v) is 2.17. The standard InChI is InChI=1S/C12H16N4S/c1-9-15-12(17-16-9)14-8-7-11(13)10-5-3-2-4-6-10/h2-6,11H,7-8,13H2,1H3,(H,14,15,16). The van der Waals surface area contributed by atoms with Gasteiger partial charge in [0.15, 0.2) is 0 Å². The van der Waals surface area contributed by atoms with E-state index >= 15 is 0 Å². The molecule has 5 heteroatoms. The number of anilines is 1. The highest BCUT2D eigenvalue weighted by Crippen LogP contribution is 2.15. The number of nitrogens with one attached hydrogen (secondary N) is 1. The maximum atomic E-state index is 6.09. The smallest absolute Gasteiger partial charge is 0.202 e. The molecule has 1 aromatic carbocycles. The molecule has 0 saturated carbocycles. The molecule has 2 aromatic rings. The Morgan fingerprint density at radius 3 is 2.76 bits per heavy atom. The van der Waals surface area contributed by atoms with Crippen LogP contribution in [0.15, 0.2) is 30.3 Å². The van der Waals surface area contributed by atoms with Crippen LogP contribution in [0.3, 0.4) is 0 Å². The van der Waals surface area contributed by atoms with Crippen molar-refractivity contribution < 1.29 is 0 Å². The molecule has 1 heterocycles. The number of aryl methyl sites for hydroxylation is 1. The Morgan fingerprint density at radius 2 is 2.12 bits per heavy atom. The zero-order chi connectivity index (χ0) is 12.1. The summed E-state index contributed by atoms with van der Waals surface area (Å²) in [4.78, 5) is 4.24. The van der Waals surface area contributed by atoms with E-state index in [1.807, 2.05) is 25.1 Å². The number of rotatable bonds is 5. The second-order valence-corrected chi connectivity index (χ2v) is 4.63. The zero-order valence-corrected chi connectivity index (χ0v) is 10.6. The maximum Gasteiger partial charge on any atom is 0.202 e. The van der Waals surface area contributed by atoms with Crippen LogP contribution in [-0.2, 0) is 0 Å². The Hall–Kier alpha value is -1.46. The molecule has 0 amide bonds. The summed E-state index contributed by atoms with van der Waals surface area (Å²) in [6.45, 7) is 2.70. The molecule has 2 rings (SSSR count). The zero-order valence-electron chi connectivity index (χ0n) is 9.76. The van der Waals surface area contributed by atoms with Gasteiger partial charge in [-0.05, 0) is 18.9 Å². The fraction of sp³-hybridized carbons (Fsp3) is 0.333. The van der Waals surface area contributed by atoms with Crippen LogP contribution in [0.4, 0.5) is 5.13 Å². The van der Waals surface area contributed by atoms with Crippen molar-refractivity contribution in [2.24, 2.45) is 5.73 Å². The predicted octanol–water partition coefficient (Wildman–Crippen LogP) is 2.35. The Balaban J connectivity index is 1.79. The van der Waals surface area contributed by atoms with Crippen molar-refractivity contribution in [3.05, 3.63) is 41.7 Å². The topological polar surface area (TPSA) is 63.8 Å². The number of nitrogens with two attached hydrogens (primary N) is 1. The summed E-state index contributed by atoms with van der Waals surface area (Å²) in [6, 6.07) is 10.2. The first kappa shape index (κ1) is 12.0. The molecule has 0 aliphatic rings. The van der Waals surface area contributed by atoms with E-state index in [0.29, 0.717) is 0 Å². The lowest BCUT2D eigenvalue weighted by atomic mass is 10.1. The predicted molar refractivity (Wildman–Crippen MR) is 71.1 cm³/mol. The number of aromatic nitrogens is 2. The van der Waals surface area contributed by atoms with Gasteiger partial charge in [-0.3, -0.25) is 0 Å². The van der Waals surface area contributed by atoms with E-state index in [2.05, 4.69) is 26.8 Å². The lowest BCUT2D eigenvalue weighted by molar-refractivity contribution is 0.675. The van der Waals surface area contributed by atoms with Crippen molar-refractivity contribution in [1.29, 1.82) is 0 Å². The minimum absolute atomic E-state index is 0.0673. The minimum Gasteiger partial charge on any atom is -0.360 e. The van der Waals surface area contributed by atoms with Crippen molar-refractivity contribution in [2.75, 3.05) is 11.9 Å². The largest absolute Gasteiger partial charge is 0.360 e. The molecule has 0 saturated heterocycles. The third-order valence-electron chi connectivity index (χ3n) is 2.49. The van der Waals surface area contributed by atoms with Crippen molar-refractivity contribution in [3.63, 3.8) is 0 Å². The van der Waals surface area contributed by atoms with Gasteiger partial charge in [-0.15, -0.1) is 0 Å². The van der Waals surface area contributed by atoms with Gasteiger partial charge < -0.3 is 11.1 Å². The monoisotopic (exact) mass is 248 g/mol. The summed E-state index contributed by atoms with van der Waals surface area (Å²) in [7, 11) is 0. The van der Waals surface area contributed by atoms with E-state index in [4.69, 9.17) is 5.73 Å². The van der Waals surface area contributed by atoms with Crippen molar-refractivity contribution in [2.45, 2.75) is 19.4 Å². The van der Waals surface area contributed by atoms with Crippen LogP contribution >= 0.6 is 11.5 Å². The molecule has 3 N–H and O–H groups in total. The van der Waals surface area contributed by atoms with Crippen molar-refractivity contribution >= 4 is 16.7 Å². The quantitative estimate of drug-likeness (QED) is 0.852. The molecule has 0 aliphatic heterocycles. The van der Waals surface area contributed by atoms with Gasteiger partial charge in [0.2, 0.25) is 5.13 Å². The molecule has 1 unspecified atom stereocenters. The molecule has 1 atom stereocenters. The Bertz CT molecular complexity index is 455. The second-order valence-electron chi connectivity index (χ2n) is 3.88. The summed E-state index contributed by atoms with van der Waals surface area (Å²) in [5, 5.41) is 4.09. The summed E-state index contributed by atoms with van der Waals surface area (Å²) < 4.78 is 4.11. The first-order valence-corrected chi connectivity index (χ1v) is 6.38. The van der Waals surface area contributed by atoms with Gasteiger partial charge in [-0.1, -0.05) is 30.3 Å². The van der Waals surface area contributed by atoms with Crippen LogP contribution in [0.1, 0.15) is 23.9 Å². The van der Waals surface area contributed by atoms with Crippen LogP contribution in [0.5, 0.6) is 0 Å². The molecule has 0 spiro atoms.